The Morgan fingerprint density at radius 3 is 2.60 bits per heavy atom. The summed E-state index contributed by atoms with van der Waals surface area (Å²) in [4.78, 5) is 19.4. The van der Waals surface area contributed by atoms with Crippen LogP contribution in [0, 0.1) is 5.82 Å². The van der Waals surface area contributed by atoms with Crippen LogP contribution in [0.3, 0.4) is 0 Å². The normalized spacial score (nSPS) is 10.8. The molecule has 0 aliphatic rings. The fourth-order valence-corrected chi connectivity index (χ4v) is 2.51. The molecule has 3 heterocycles. The van der Waals surface area contributed by atoms with Gasteiger partial charge in [-0.05, 0) is 36.4 Å². The van der Waals surface area contributed by atoms with Crippen LogP contribution in [0.4, 0.5) is 10.3 Å². The number of anilines is 1. The summed E-state index contributed by atoms with van der Waals surface area (Å²) in [5.74, 6) is 0.194. The van der Waals surface area contributed by atoms with Crippen LogP contribution >= 0.6 is 0 Å². The molecule has 0 aliphatic heterocycles. The number of H-pyrrole nitrogens is 1. The van der Waals surface area contributed by atoms with E-state index in [0.717, 1.165) is 0 Å². The van der Waals surface area contributed by atoms with Crippen molar-refractivity contribution in [2.75, 3.05) is 5.32 Å². The Hall–Kier alpha value is -3.68. The lowest BCUT2D eigenvalue weighted by molar-refractivity contribution is 0.102. The lowest BCUT2D eigenvalue weighted by Gasteiger charge is -2.10. The first-order valence-electron chi connectivity index (χ1n) is 7.50. The smallest absolute Gasteiger partial charge is 0.263 e. The summed E-state index contributed by atoms with van der Waals surface area (Å²) in [5.41, 5.74) is 0.999. The molecule has 0 bridgehead atoms. The maximum absolute atomic E-state index is 13.2. The van der Waals surface area contributed by atoms with Crippen LogP contribution in [0.1, 0.15) is 10.4 Å². The molecular formula is C17H13FN6O. The summed E-state index contributed by atoms with van der Waals surface area (Å²) < 4.78 is 16.6. The van der Waals surface area contributed by atoms with Gasteiger partial charge >= 0.3 is 0 Å². The van der Waals surface area contributed by atoms with Gasteiger partial charge in [0.1, 0.15) is 11.4 Å². The van der Waals surface area contributed by atoms with Gasteiger partial charge in [0.25, 0.3) is 5.91 Å². The van der Waals surface area contributed by atoms with Gasteiger partial charge < -0.3 is 9.55 Å². The summed E-state index contributed by atoms with van der Waals surface area (Å²) in [5, 5.41) is 6.99. The number of halogens is 1. The third kappa shape index (κ3) is 2.80. The second-order valence-corrected chi connectivity index (χ2v) is 5.25. The van der Waals surface area contributed by atoms with E-state index in [1.807, 2.05) is 12.1 Å². The molecule has 0 fully saturated rings. The second kappa shape index (κ2) is 6.08. The van der Waals surface area contributed by atoms with Gasteiger partial charge in [0.2, 0.25) is 5.95 Å². The molecule has 1 aromatic carbocycles. The maximum Gasteiger partial charge on any atom is 0.263 e. The number of benzene rings is 1. The number of aromatic amines is 1. The SMILES string of the molecule is O=C(Nc1ncc[nH]1)c1cnn(-c2ccc(F)cc2)c1-n1cccc1. The van der Waals surface area contributed by atoms with Gasteiger partial charge in [-0.25, -0.2) is 14.1 Å². The van der Waals surface area contributed by atoms with Gasteiger partial charge in [0, 0.05) is 24.8 Å². The highest BCUT2D eigenvalue weighted by Gasteiger charge is 2.20. The molecule has 4 rings (SSSR count). The van der Waals surface area contributed by atoms with Crippen LogP contribution in [0.5, 0.6) is 0 Å². The van der Waals surface area contributed by atoms with Crippen LogP contribution in [-0.4, -0.2) is 30.2 Å². The molecule has 0 unspecified atom stereocenters. The summed E-state index contributed by atoms with van der Waals surface area (Å²) in [7, 11) is 0. The molecule has 25 heavy (non-hydrogen) atoms. The summed E-state index contributed by atoms with van der Waals surface area (Å²) >= 11 is 0. The Labute approximate surface area is 141 Å². The predicted molar refractivity (Wildman–Crippen MR) is 89.4 cm³/mol. The zero-order chi connectivity index (χ0) is 17.2. The molecule has 1 amide bonds. The van der Waals surface area contributed by atoms with E-state index in [-0.39, 0.29) is 11.7 Å². The minimum atomic E-state index is -0.355. The van der Waals surface area contributed by atoms with Gasteiger partial charge in [-0.3, -0.25) is 10.1 Å². The Bertz CT molecular complexity index is 987. The quantitative estimate of drug-likeness (QED) is 0.601. The van der Waals surface area contributed by atoms with E-state index in [1.165, 1.54) is 18.3 Å². The van der Waals surface area contributed by atoms with Gasteiger partial charge in [-0.15, -0.1) is 0 Å². The van der Waals surface area contributed by atoms with E-state index in [2.05, 4.69) is 20.4 Å². The number of aromatic nitrogens is 5. The van der Waals surface area contributed by atoms with E-state index in [0.29, 0.717) is 23.0 Å². The second-order valence-electron chi connectivity index (χ2n) is 5.25. The van der Waals surface area contributed by atoms with Gasteiger partial charge in [-0.1, -0.05) is 0 Å². The topological polar surface area (TPSA) is 80.5 Å². The third-order valence-electron chi connectivity index (χ3n) is 3.64. The van der Waals surface area contributed by atoms with Crippen molar-refractivity contribution < 1.29 is 9.18 Å². The van der Waals surface area contributed by atoms with Crippen molar-refractivity contribution in [3.63, 3.8) is 0 Å². The van der Waals surface area contributed by atoms with Gasteiger partial charge in [0.15, 0.2) is 5.82 Å². The molecule has 0 radical (unpaired) electrons. The Morgan fingerprint density at radius 1 is 1.16 bits per heavy atom. The maximum atomic E-state index is 13.2. The van der Waals surface area contributed by atoms with Crippen molar-refractivity contribution in [3.05, 3.63) is 78.8 Å². The molecular weight excluding hydrogens is 323 g/mol. The first kappa shape index (κ1) is 14.9. The molecule has 8 heteroatoms. The van der Waals surface area contributed by atoms with Crippen LogP contribution in [0.2, 0.25) is 0 Å². The predicted octanol–water partition coefficient (Wildman–Crippen LogP) is 2.78. The minimum absolute atomic E-state index is 0.339. The Kier molecular flexibility index (Phi) is 3.62. The number of carbonyl (C=O) groups is 1. The number of carbonyl (C=O) groups excluding carboxylic acids is 1. The van der Waals surface area contributed by atoms with E-state index >= 15 is 0 Å². The number of hydrogen-bond donors (Lipinski definition) is 2. The number of hydrogen-bond acceptors (Lipinski definition) is 3. The van der Waals surface area contributed by atoms with E-state index < -0.39 is 0 Å². The third-order valence-corrected chi connectivity index (χ3v) is 3.64. The van der Waals surface area contributed by atoms with Crippen LogP contribution in [0.25, 0.3) is 11.5 Å². The zero-order valence-electron chi connectivity index (χ0n) is 12.9. The van der Waals surface area contributed by atoms with Crippen LogP contribution < -0.4 is 5.32 Å². The fourth-order valence-electron chi connectivity index (χ4n) is 2.51. The summed E-state index contributed by atoms with van der Waals surface area (Å²) in [6.45, 7) is 0. The molecule has 0 spiro atoms. The first-order valence-corrected chi connectivity index (χ1v) is 7.50. The van der Waals surface area contributed by atoms with Crippen LogP contribution in [0.15, 0.2) is 67.4 Å². The average molecular weight is 336 g/mol. The number of rotatable bonds is 4. The highest BCUT2D eigenvalue weighted by molar-refractivity contribution is 6.05. The molecule has 2 N–H and O–H groups in total. The average Bonchev–Trinajstić information content (AvgIpc) is 3.36. The Morgan fingerprint density at radius 2 is 1.92 bits per heavy atom. The lowest BCUT2D eigenvalue weighted by Crippen LogP contribution is -2.16. The van der Waals surface area contributed by atoms with Crippen molar-refractivity contribution in [2.45, 2.75) is 0 Å². The van der Waals surface area contributed by atoms with Crippen molar-refractivity contribution in [1.82, 2.24) is 24.3 Å². The molecule has 3 aromatic heterocycles. The first-order chi connectivity index (χ1) is 12.2. The van der Waals surface area contributed by atoms with Crippen molar-refractivity contribution in [1.29, 1.82) is 0 Å². The largest absolute Gasteiger partial charge is 0.331 e. The molecule has 4 aromatic rings. The summed E-state index contributed by atoms with van der Waals surface area (Å²) in [6, 6.07) is 9.58. The Balaban J connectivity index is 1.79. The number of amides is 1. The van der Waals surface area contributed by atoms with E-state index in [1.54, 1.807) is 46.2 Å². The van der Waals surface area contributed by atoms with Crippen LogP contribution in [-0.2, 0) is 0 Å². The molecule has 7 nitrogen and oxygen atoms in total. The van der Waals surface area contributed by atoms with Crippen molar-refractivity contribution >= 4 is 11.9 Å². The standard InChI is InChI=1S/C17H13FN6O/c18-12-3-5-13(6-4-12)24-16(23-9-1-2-10-23)14(11-21-24)15(25)22-17-19-7-8-20-17/h1-11H,(H2,19,20,22,25). The van der Waals surface area contributed by atoms with Gasteiger partial charge in [0.05, 0.1) is 11.9 Å². The zero-order valence-corrected chi connectivity index (χ0v) is 12.9. The molecule has 0 saturated heterocycles. The fraction of sp³-hybridized carbons (Fsp3) is 0. The monoisotopic (exact) mass is 336 g/mol. The van der Waals surface area contributed by atoms with E-state index in [9.17, 15) is 9.18 Å². The summed E-state index contributed by atoms with van der Waals surface area (Å²) in [6.07, 6.45) is 8.24. The minimum Gasteiger partial charge on any atom is -0.331 e. The highest BCUT2D eigenvalue weighted by atomic mass is 19.1. The van der Waals surface area contributed by atoms with E-state index in [4.69, 9.17) is 0 Å². The molecule has 0 aliphatic carbocycles. The highest BCUT2D eigenvalue weighted by Crippen LogP contribution is 2.21. The molecule has 0 saturated carbocycles. The lowest BCUT2D eigenvalue weighted by atomic mass is 10.2. The van der Waals surface area contributed by atoms with Crippen molar-refractivity contribution in [2.24, 2.45) is 0 Å². The van der Waals surface area contributed by atoms with Gasteiger partial charge in [-0.2, -0.15) is 5.10 Å². The number of imidazole rings is 1. The number of nitrogens with one attached hydrogen (secondary N) is 2. The number of nitrogens with zero attached hydrogens (tertiary/aromatic N) is 4. The molecule has 124 valence electrons. The van der Waals surface area contributed by atoms with Crippen molar-refractivity contribution in [3.8, 4) is 11.5 Å². The molecule has 0 atom stereocenters.